The fraction of sp³-hybridized carbons (Fsp3) is 0.818. The topological polar surface area (TPSA) is 83.6 Å². The van der Waals surface area contributed by atoms with Gasteiger partial charge >= 0.3 is 12.1 Å². The Labute approximate surface area is 109 Å². The van der Waals surface area contributed by atoms with E-state index in [1.54, 1.807) is 0 Å². The van der Waals surface area contributed by atoms with Gasteiger partial charge in [0.05, 0.1) is 0 Å². The zero-order valence-electron chi connectivity index (χ0n) is 10.6. The van der Waals surface area contributed by atoms with Crippen LogP contribution in [0.4, 0.5) is 13.2 Å². The summed E-state index contributed by atoms with van der Waals surface area (Å²) >= 11 is 0. The minimum Gasteiger partial charge on any atom is -0.480 e. The van der Waals surface area contributed by atoms with Crippen molar-refractivity contribution >= 4 is 11.9 Å². The van der Waals surface area contributed by atoms with E-state index < -0.39 is 31.1 Å². The highest BCUT2D eigenvalue weighted by molar-refractivity contribution is 5.81. The van der Waals surface area contributed by atoms with Gasteiger partial charge in [0, 0.05) is 6.42 Å². The van der Waals surface area contributed by atoms with Crippen LogP contribution in [-0.4, -0.2) is 47.7 Å². The van der Waals surface area contributed by atoms with Crippen LogP contribution in [0.15, 0.2) is 0 Å². The molecule has 19 heavy (non-hydrogen) atoms. The molecule has 0 aliphatic rings. The number of rotatable bonds is 9. The van der Waals surface area contributed by atoms with Gasteiger partial charge in [-0.1, -0.05) is 12.8 Å². The molecule has 0 rings (SSSR count). The maximum atomic E-state index is 12.2. The highest BCUT2D eigenvalue weighted by Crippen LogP contribution is 2.17. The van der Waals surface area contributed by atoms with Crippen LogP contribution in [0.1, 0.15) is 32.1 Å². The first kappa shape index (κ1) is 17.7. The molecule has 0 unspecified atom stereocenters. The molecule has 0 spiro atoms. The van der Waals surface area contributed by atoms with E-state index in [1.807, 2.05) is 0 Å². The number of alkyl halides is 3. The molecule has 0 atom stereocenters. The van der Waals surface area contributed by atoms with Gasteiger partial charge in [-0.3, -0.25) is 9.59 Å². The van der Waals surface area contributed by atoms with Crippen molar-refractivity contribution < 1.29 is 27.9 Å². The predicted octanol–water partition coefficient (Wildman–Crippen LogP) is 1.37. The fourth-order valence-corrected chi connectivity index (χ4v) is 1.54. The molecule has 0 aliphatic heterocycles. The lowest BCUT2D eigenvalue weighted by molar-refractivity contribution is -0.165. The molecule has 8 heteroatoms. The van der Waals surface area contributed by atoms with E-state index in [0.29, 0.717) is 24.3 Å². The van der Waals surface area contributed by atoms with E-state index in [4.69, 9.17) is 10.8 Å². The lowest BCUT2D eigenvalue weighted by Gasteiger charge is -2.22. The molecule has 0 saturated heterocycles. The first-order valence-corrected chi connectivity index (χ1v) is 6.02. The monoisotopic (exact) mass is 284 g/mol. The second-order valence-electron chi connectivity index (χ2n) is 4.21. The normalized spacial score (nSPS) is 11.4. The van der Waals surface area contributed by atoms with Crippen LogP contribution in [0.2, 0.25) is 0 Å². The van der Waals surface area contributed by atoms with E-state index in [1.165, 1.54) is 0 Å². The Kier molecular flexibility index (Phi) is 8.13. The summed E-state index contributed by atoms with van der Waals surface area (Å²) in [6, 6.07) is 0. The number of hydrogen-bond acceptors (Lipinski definition) is 3. The molecule has 0 aromatic carbocycles. The highest BCUT2D eigenvalue weighted by Gasteiger charge is 2.33. The largest absolute Gasteiger partial charge is 0.480 e. The maximum Gasteiger partial charge on any atom is 0.406 e. The summed E-state index contributed by atoms with van der Waals surface area (Å²) in [6.07, 6.45) is -1.93. The van der Waals surface area contributed by atoms with Gasteiger partial charge in [0.2, 0.25) is 5.91 Å². The molecule has 0 heterocycles. The second-order valence-corrected chi connectivity index (χ2v) is 4.21. The van der Waals surface area contributed by atoms with Gasteiger partial charge in [-0.25, -0.2) is 0 Å². The molecule has 0 radical (unpaired) electrons. The number of carboxylic acids is 1. The zero-order chi connectivity index (χ0) is 14.9. The van der Waals surface area contributed by atoms with Gasteiger partial charge in [0.1, 0.15) is 13.1 Å². The van der Waals surface area contributed by atoms with Gasteiger partial charge in [0.25, 0.3) is 0 Å². The van der Waals surface area contributed by atoms with Gasteiger partial charge < -0.3 is 15.7 Å². The Morgan fingerprint density at radius 1 is 1.11 bits per heavy atom. The smallest absolute Gasteiger partial charge is 0.406 e. The molecule has 5 nitrogen and oxygen atoms in total. The summed E-state index contributed by atoms with van der Waals surface area (Å²) in [7, 11) is 0. The summed E-state index contributed by atoms with van der Waals surface area (Å²) in [5.74, 6) is -2.24. The number of aliphatic carboxylic acids is 1. The number of amides is 1. The van der Waals surface area contributed by atoms with E-state index in [-0.39, 0.29) is 6.42 Å². The molecular weight excluding hydrogens is 265 g/mol. The summed E-state index contributed by atoms with van der Waals surface area (Å²) in [5.41, 5.74) is 5.28. The Hall–Kier alpha value is -1.31. The van der Waals surface area contributed by atoms with Crippen LogP contribution in [0.3, 0.4) is 0 Å². The SMILES string of the molecule is NCCCCCCC(=O)N(CC(=O)O)CC(F)(F)F. The lowest BCUT2D eigenvalue weighted by atomic mass is 10.1. The third kappa shape index (κ3) is 10.3. The number of unbranched alkanes of at least 4 members (excludes halogenated alkanes) is 3. The van der Waals surface area contributed by atoms with E-state index in [9.17, 15) is 22.8 Å². The van der Waals surface area contributed by atoms with E-state index in [0.717, 1.165) is 12.8 Å². The molecule has 0 bridgehead atoms. The van der Waals surface area contributed by atoms with Gasteiger partial charge in [-0.05, 0) is 19.4 Å². The summed E-state index contributed by atoms with van der Waals surface area (Å²) in [6.45, 7) is -1.92. The third-order valence-corrected chi connectivity index (χ3v) is 2.39. The molecule has 3 N–H and O–H groups in total. The Morgan fingerprint density at radius 2 is 1.68 bits per heavy atom. The van der Waals surface area contributed by atoms with Crippen molar-refractivity contribution in [3.05, 3.63) is 0 Å². The van der Waals surface area contributed by atoms with Crippen LogP contribution in [0.25, 0.3) is 0 Å². The predicted molar refractivity (Wildman–Crippen MR) is 62.4 cm³/mol. The number of carbonyl (C=O) groups excluding carboxylic acids is 1. The lowest BCUT2D eigenvalue weighted by Crippen LogP contribution is -2.41. The maximum absolute atomic E-state index is 12.2. The van der Waals surface area contributed by atoms with Crippen molar-refractivity contribution in [1.82, 2.24) is 4.90 Å². The van der Waals surface area contributed by atoms with Crippen LogP contribution >= 0.6 is 0 Å². The number of hydrogen-bond donors (Lipinski definition) is 2. The standard InChI is InChI=1S/C11H19F3N2O3/c12-11(13,14)8-16(7-10(18)19)9(17)5-3-1-2-4-6-15/h1-8,15H2,(H,18,19). The Balaban J connectivity index is 4.19. The molecule has 0 aliphatic carbocycles. The molecule has 0 saturated carbocycles. The first-order valence-electron chi connectivity index (χ1n) is 6.02. The zero-order valence-corrected chi connectivity index (χ0v) is 10.6. The van der Waals surface area contributed by atoms with Crippen LogP contribution in [0.5, 0.6) is 0 Å². The van der Waals surface area contributed by atoms with Gasteiger partial charge in [-0.2, -0.15) is 13.2 Å². The Bertz CT molecular complexity index is 295. The minimum atomic E-state index is -4.59. The number of nitrogens with two attached hydrogens (primary N) is 1. The number of carbonyl (C=O) groups is 2. The number of carboxylic acid groups (broad SMARTS) is 1. The summed E-state index contributed by atoms with van der Waals surface area (Å²) in [4.78, 5) is 22.3. The van der Waals surface area contributed by atoms with Crippen LogP contribution in [-0.2, 0) is 9.59 Å². The molecule has 112 valence electrons. The van der Waals surface area contributed by atoms with Crippen molar-refractivity contribution in [2.45, 2.75) is 38.3 Å². The molecule has 1 amide bonds. The quantitative estimate of drug-likeness (QED) is 0.626. The summed E-state index contributed by atoms with van der Waals surface area (Å²) in [5, 5.41) is 8.50. The van der Waals surface area contributed by atoms with Crippen molar-refractivity contribution in [1.29, 1.82) is 0 Å². The highest BCUT2D eigenvalue weighted by atomic mass is 19.4. The van der Waals surface area contributed by atoms with E-state index >= 15 is 0 Å². The number of nitrogens with zero attached hydrogens (tertiary/aromatic N) is 1. The van der Waals surface area contributed by atoms with Crippen molar-refractivity contribution in [3.63, 3.8) is 0 Å². The Morgan fingerprint density at radius 3 is 2.16 bits per heavy atom. The average Bonchev–Trinajstić information content (AvgIpc) is 2.25. The minimum absolute atomic E-state index is 0.0755. The second kappa shape index (κ2) is 8.73. The van der Waals surface area contributed by atoms with Crippen LogP contribution < -0.4 is 5.73 Å². The number of halogens is 3. The third-order valence-electron chi connectivity index (χ3n) is 2.39. The van der Waals surface area contributed by atoms with Crippen LogP contribution in [0, 0.1) is 0 Å². The molecule has 0 fully saturated rings. The van der Waals surface area contributed by atoms with E-state index in [2.05, 4.69) is 0 Å². The molecule has 0 aromatic heterocycles. The summed E-state index contributed by atoms with van der Waals surface area (Å²) < 4.78 is 36.6. The average molecular weight is 284 g/mol. The van der Waals surface area contributed by atoms with Crippen molar-refractivity contribution in [3.8, 4) is 0 Å². The van der Waals surface area contributed by atoms with Crippen molar-refractivity contribution in [2.75, 3.05) is 19.6 Å². The molecule has 0 aromatic rings. The van der Waals surface area contributed by atoms with Crippen molar-refractivity contribution in [2.24, 2.45) is 5.73 Å². The first-order chi connectivity index (χ1) is 8.76. The fourth-order valence-electron chi connectivity index (χ4n) is 1.54. The van der Waals surface area contributed by atoms with Gasteiger partial charge in [-0.15, -0.1) is 0 Å². The molecular formula is C11H19F3N2O3. The van der Waals surface area contributed by atoms with Gasteiger partial charge in [0.15, 0.2) is 0 Å².